The maximum absolute atomic E-state index is 11.2. The van der Waals surface area contributed by atoms with Crippen LogP contribution in [0.5, 0.6) is 0 Å². The Balaban J connectivity index is 2.35. The highest BCUT2D eigenvalue weighted by atomic mass is 32.2. The van der Waals surface area contributed by atoms with E-state index in [0.29, 0.717) is 6.42 Å². The Kier molecular flexibility index (Phi) is 1.89. The molecule has 2 heterocycles. The van der Waals surface area contributed by atoms with Crippen LogP contribution in [0.2, 0.25) is 0 Å². The number of carbonyl (C=O) groups excluding carboxylic acids is 1. The molecule has 0 saturated heterocycles. The van der Waals surface area contributed by atoms with Crippen molar-refractivity contribution in [3.05, 3.63) is 34.3 Å². The Morgan fingerprint density at radius 2 is 2.33 bits per heavy atom. The molecule has 1 N–H and O–H groups in total. The zero-order chi connectivity index (χ0) is 10.3. The highest BCUT2D eigenvalue weighted by Gasteiger charge is 2.11. The number of nitrogens with zero attached hydrogens (tertiary/aromatic N) is 1. The minimum absolute atomic E-state index is 0.0681. The lowest BCUT2D eigenvalue weighted by atomic mass is 10.1. The molecule has 0 radical (unpaired) electrons. The quantitative estimate of drug-likeness (QED) is 0.703. The molecule has 0 bridgehead atoms. The number of carbonyl (C=O) groups is 1. The summed E-state index contributed by atoms with van der Waals surface area (Å²) in [6, 6.07) is 3.89. The van der Waals surface area contributed by atoms with Gasteiger partial charge in [0.25, 0.3) is 0 Å². The Morgan fingerprint density at radius 1 is 1.40 bits per heavy atom. The number of hydrogen-bond acceptors (Lipinski definition) is 3. The molecule has 0 unspecified atom stereocenters. The minimum atomic E-state index is -0.0681. The van der Waals surface area contributed by atoms with Crippen molar-refractivity contribution in [3.8, 4) is 0 Å². The van der Waals surface area contributed by atoms with Crippen molar-refractivity contribution < 1.29 is 4.79 Å². The van der Waals surface area contributed by atoms with Crippen LogP contribution in [-0.2, 0) is 4.79 Å². The molecule has 1 aromatic rings. The predicted molar refractivity (Wildman–Crippen MR) is 59.9 cm³/mol. The van der Waals surface area contributed by atoms with Gasteiger partial charge >= 0.3 is 0 Å². The van der Waals surface area contributed by atoms with Crippen molar-refractivity contribution in [2.75, 3.05) is 5.32 Å². The van der Waals surface area contributed by atoms with Crippen molar-refractivity contribution in [3.63, 3.8) is 0 Å². The van der Waals surface area contributed by atoms with Gasteiger partial charge in [0.1, 0.15) is 0 Å². The van der Waals surface area contributed by atoms with Gasteiger partial charge in [0.15, 0.2) is 0 Å². The first kappa shape index (κ1) is 8.73. The first-order valence-electron chi connectivity index (χ1n) is 4.67. The summed E-state index contributed by atoms with van der Waals surface area (Å²) in [5, 5.41) is 7.02. The third-order valence-electron chi connectivity index (χ3n) is 2.40. The number of fused-ring (bicyclic) bond motifs is 3. The van der Waals surface area contributed by atoms with Crippen molar-refractivity contribution in [1.29, 1.82) is 0 Å². The van der Waals surface area contributed by atoms with Crippen LogP contribution in [0.15, 0.2) is 33.6 Å². The molecule has 0 atom stereocenters. The lowest BCUT2D eigenvalue weighted by Gasteiger charge is -2.13. The SMILES string of the molecule is O=C1CC=c2c3c(ccc2=N1)SC=CN3. The molecule has 15 heavy (non-hydrogen) atoms. The molecule has 0 aromatic heterocycles. The van der Waals surface area contributed by atoms with Crippen molar-refractivity contribution in [2.24, 2.45) is 4.99 Å². The molecule has 0 saturated carbocycles. The van der Waals surface area contributed by atoms with Gasteiger partial charge in [-0.15, -0.1) is 0 Å². The molecule has 3 rings (SSSR count). The number of nitrogens with one attached hydrogen (secondary N) is 1. The summed E-state index contributed by atoms with van der Waals surface area (Å²) < 4.78 is 0. The number of hydrogen-bond donors (Lipinski definition) is 1. The number of rotatable bonds is 0. The van der Waals surface area contributed by atoms with Gasteiger partial charge in [0, 0.05) is 22.7 Å². The molecule has 3 nitrogen and oxygen atoms in total. The van der Waals surface area contributed by atoms with Crippen LogP contribution in [-0.4, -0.2) is 5.91 Å². The van der Waals surface area contributed by atoms with E-state index in [1.165, 1.54) is 4.90 Å². The molecule has 0 spiro atoms. The summed E-state index contributed by atoms with van der Waals surface area (Å²) >= 11 is 1.67. The predicted octanol–water partition coefficient (Wildman–Crippen LogP) is 1.01. The zero-order valence-electron chi connectivity index (χ0n) is 7.86. The van der Waals surface area contributed by atoms with Crippen LogP contribution in [0.1, 0.15) is 6.42 Å². The monoisotopic (exact) mass is 216 g/mol. The maximum atomic E-state index is 11.2. The number of anilines is 1. The molecule has 1 aromatic carbocycles. The molecule has 74 valence electrons. The van der Waals surface area contributed by atoms with E-state index in [4.69, 9.17) is 0 Å². The number of benzene rings is 1. The first-order chi connectivity index (χ1) is 7.34. The Hall–Kier alpha value is -1.55. The van der Waals surface area contributed by atoms with Gasteiger partial charge in [0.2, 0.25) is 5.91 Å². The molecule has 2 aliphatic rings. The molecule has 4 heteroatoms. The maximum Gasteiger partial charge on any atom is 0.250 e. The second kappa shape index (κ2) is 3.24. The second-order valence-corrected chi connectivity index (χ2v) is 4.30. The van der Waals surface area contributed by atoms with E-state index in [0.717, 1.165) is 16.3 Å². The van der Waals surface area contributed by atoms with Gasteiger partial charge in [-0.1, -0.05) is 17.8 Å². The minimum Gasteiger partial charge on any atom is -0.360 e. The van der Waals surface area contributed by atoms with Gasteiger partial charge in [-0.3, -0.25) is 4.79 Å². The van der Waals surface area contributed by atoms with Gasteiger partial charge in [-0.2, -0.15) is 0 Å². The lowest BCUT2D eigenvalue weighted by Crippen LogP contribution is -2.32. The van der Waals surface area contributed by atoms with E-state index in [-0.39, 0.29) is 5.91 Å². The van der Waals surface area contributed by atoms with Crippen molar-refractivity contribution >= 4 is 29.4 Å². The van der Waals surface area contributed by atoms with Crippen LogP contribution in [0, 0.1) is 0 Å². The second-order valence-electron chi connectivity index (χ2n) is 3.35. The van der Waals surface area contributed by atoms with Gasteiger partial charge in [0.05, 0.1) is 11.0 Å². The van der Waals surface area contributed by atoms with E-state index in [9.17, 15) is 4.79 Å². The summed E-state index contributed by atoms with van der Waals surface area (Å²) in [6.07, 6.45) is 4.24. The third kappa shape index (κ3) is 1.37. The normalized spacial score (nSPS) is 16.9. The van der Waals surface area contributed by atoms with Crippen LogP contribution in [0.3, 0.4) is 0 Å². The summed E-state index contributed by atoms with van der Waals surface area (Å²) in [6.45, 7) is 0. The van der Waals surface area contributed by atoms with Crippen molar-refractivity contribution in [1.82, 2.24) is 0 Å². The van der Waals surface area contributed by atoms with Crippen molar-refractivity contribution in [2.45, 2.75) is 11.3 Å². The topological polar surface area (TPSA) is 41.5 Å². The molecule has 0 aliphatic carbocycles. The fraction of sp³-hybridized carbons (Fsp3) is 0.0909. The van der Waals surface area contributed by atoms with Crippen LogP contribution < -0.4 is 15.9 Å². The molecular weight excluding hydrogens is 208 g/mol. The average molecular weight is 216 g/mol. The molecule has 0 fully saturated rings. The van der Waals surface area contributed by atoms with Crippen LogP contribution >= 0.6 is 11.8 Å². The first-order valence-corrected chi connectivity index (χ1v) is 5.55. The van der Waals surface area contributed by atoms with Crippen LogP contribution in [0.25, 0.3) is 6.08 Å². The standard InChI is InChI=1S/C11H8N2OS/c14-10-4-1-7-8(13-10)2-3-9-11(7)12-5-6-15-9/h1-3,5-6,12H,4H2. The summed E-state index contributed by atoms with van der Waals surface area (Å²) in [4.78, 5) is 16.3. The summed E-state index contributed by atoms with van der Waals surface area (Å²) in [5.74, 6) is -0.0681. The van der Waals surface area contributed by atoms with E-state index >= 15 is 0 Å². The smallest absolute Gasteiger partial charge is 0.250 e. The van der Waals surface area contributed by atoms with Gasteiger partial charge in [-0.25, -0.2) is 4.99 Å². The Labute approximate surface area is 90.6 Å². The van der Waals surface area contributed by atoms with E-state index in [1.54, 1.807) is 11.8 Å². The highest BCUT2D eigenvalue weighted by Crippen LogP contribution is 2.27. The van der Waals surface area contributed by atoms with E-state index < -0.39 is 0 Å². The van der Waals surface area contributed by atoms with Gasteiger partial charge < -0.3 is 5.32 Å². The molecule has 2 aliphatic heterocycles. The Bertz CT molecular complexity index is 589. The third-order valence-corrected chi connectivity index (χ3v) is 3.27. The molecule has 1 amide bonds. The lowest BCUT2D eigenvalue weighted by molar-refractivity contribution is -0.117. The Morgan fingerprint density at radius 3 is 3.27 bits per heavy atom. The number of thioether (sulfide) groups is 1. The number of amides is 1. The van der Waals surface area contributed by atoms with Crippen LogP contribution in [0.4, 0.5) is 5.69 Å². The summed E-state index contributed by atoms with van der Waals surface area (Å²) in [7, 11) is 0. The fourth-order valence-electron chi connectivity index (χ4n) is 1.73. The van der Waals surface area contributed by atoms with E-state index in [2.05, 4.69) is 10.3 Å². The fourth-order valence-corrected chi connectivity index (χ4v) is 2.45. The van der Waals surface area contributed by atoms with E-state index in [1.807, 2.05) is 29.8 Å². The molecular formula is C11H8N2OS. The largest absolute Gasteiger partial charge is 0.360 e. The summed E-state index contributed by atoms with van der Waals surface area (Å²) in [5.41, 5.74) is 1.07. The average Bonchev–Trinajstić information content (AvgIpc) is 2.28. The zero-order valence-corrected chi connectivity index (χ0v) is 8.67. The van der Waals surface area contributed by atoms with Gasteiger partial charge in [-0.05, 0) is 17.5 Å². The highest BCUT2D eigenvalue weighted by molar-refractivity contribution is 8.02.